The lowest BCUT2D eigenvalue weighted by Gasteiger charge is -2.12. The minimum absolute atomic E-state index is 0.122. The number of halogens is 1. The van der Waals surface area contributed by atoms with Crippen LogP contribution in [0.2, 0.25) is 0 Å². The highest BCUT2D eigenvalue weighted by Crippen LogP contribution is 2.34. The van der Waals surface area contributed by atoms with E-state index in [-0.39, 0.29) is 5.78 Å². The zero-order chi connectivity index (χ0) is 13.7. The second-order valence-electron chi connectivity index (χ2n) is 4.33. The van der Waals surface area contributed by atoms with E-state index in [2.05, 4.69) is 29.8 Å². The molecule has 18 heavy (non-hydrogen) atoms. The van der Waals surface area contributed by atoms with Crippen LogP contribution in [-0.2, 0) is 0 Å². The number of benzene rings is 1. The van der Waals surface area contributed by atoms with E-state index in [1.807, 2.05) is 0 Å². The molecule has 0 spiro atoms. The summed E-state index contributed by atoms with van der Waals surface area (Å²) in [5.41, 5.74) is 0.646. The summed E-state index contributed by atoms with van der Waals surface area (Å²) in [4.78, 5) is 12.2. The third kappa shape index (κ3) is 3.48. The van der Waals surface area contributed by atoms with Crippen LogP contribution in [0, 0.1) is 5.92 Å². The van der Waals surface area contributed by atoms with E-state index in [1.54, 1.807) is 26.4 Å². The Morgan fingerprint density at radius 2 is 1.83 bits per heavy atom. The molecule has 1 unspecified atom stereocenters. The van der Waals surface area contributed by atoms with Crippen molar-refractivity contribution >= 4 is 21.7 Å². The Labute approximate surface area is 117 Å². The highest BCUT2D eigenvalue weighted by Gasteiger charge is 2.17. The maximum absolute atomic E-state index is 12.2. The number of rotatable bonds is 6. The molecule has 0 amide bonds. The van der Waals surface area contributed by atoms with Crippen LogP contribution in [0.25, 0.3) is 0 Å². The molecule has 0 aliphatic heterocycles. The van der Waals surface area contributed by atoms with Gasteiger partial charge in [0.2, 0.25) is 0 Å². The topological polar surface area (TPSA) is 35.5 Å². The normalized spacial score (nSPS) is 12.1. The number of Topliss-reactive ketones (excluding diaryl/α,β-unsaturated/α-hetero) is 1. The molecule has 0 aliphatic rings. The zero-order valence-electron chi connectivity index (χ0n) is 11.2. The van der Waals surface area contributed by atoms with Gasteiger partial charge in [-0.2, -0.15) is 0 Å². The lowest BCUT2D eigenvalue weighted by Crippen LogP contribution is -2.07. The summed E-state index contributed by atoms with van der Waals surface area (Å²) in [5, 5.41) is 0. The summed E-state index contributed by atoms with van der Waals surface area (Å²) in [7, 11) is 3.14. The molecule has 0 fully saturated rings. The van der Waals surface area contributed by atoms with Crippen molar-refractivity contribution in [2.75, 3.05) is 14.2 Å². The fourth-order valence-corrected chi connectivity index (χ4v) is 2.18. The van der Waals surface area contributed by atoms with Crippen molar-refractivity contribution < 1.29 is 14.3 Å². The van der Waals surface area contributed by atoms with Crippen molar-refractivity contribution in [3.63, 3.8) is 0 Å². The maximum Gasteiger partial charge on any atom is 0.164 e. The van der Waals surface area contributed by atoms with Crippen molar-refractivity contribution in [1.29, 1.82) is 0 Å². The van der Waals surface area contributed by atoms with Crippen LogP contribution in [0.3, 0.4) is 0 Å². The van der Waals surface area contributed by atoms with Crippen molar-refractivity contribution in [1.82, 2.24) is 0 Å². The van der Waals surface area contributed by atoms with Gasteiger partial charge in [0.15, 0.2) is 17.3 Å². The summed E-state index contributed by atoms with van der Waals surface area (Å²) in [6.45, 7) is 4.16. The summed E-state index contributed by atoms with van der Waals surface area (Å²) >= 11 is 3.41. The number of methoxy groups -OCH3 is 2. The average molecular weight is 315 g/mol. The van der Waals surface area contributed by atoms with Gasteiger partial charge in [-0.1, -0.05) is 20.3 Å². The quantitative estimate of drug-likeness (QED) is 0.742. The molecule has 0 aromatic heterocycles. The van der Waals surface area contributed by atoms with Crippen LogP contribution in [0.4, 0.5) is 0 Å². The predicted octanol–water partition coefficient (Wildman–Crippen LogP) is 4.09. The SMILES string of the molecule is CCC(C)CC(=O)c1cc(OC)c(OC)cc1Br. The summed E-state index contributed by atoms with van der Waals surface area (Å²) in [6.07, 6.45) is 1.54. The van der Waals surface area contributed by atoms with Crippen LogP contribution in [0.5, 0.6) is 11.5 Å². The van der Waals surface area contributed by atoms with Gasteiger partial charge in [-0.05, 0) is 34.0 Å². The third-order valence-corrected chi connectivity index (χ3v) is 3.66. The number of ether oxygens (including phenoxy) is 2. The van der Waals surface area contributed by atoms with Crippen LogP contribution >= 0.6 is 15.9 Å². The van der Waals surface area contributed by atoms with Crippen LogP contribution in [-0.4, -0.2) is 20.0 Å². The largest absolute Gasteiger partial charge is 0.493 e. The summed E-state index contributed by atoms with van der Waals surface area (Å²) in [5.74, 6) is 1.70. The Bertz CT molecular complexity index is 429. The molecule has 0 saturated carbocycles. The smallest absolute Gasteiger partial charge is 0.164 e. The molecule has 0 aliphatic carbocycles. The predicted molar refractivity (Wildman–Crippen MR) is 75.6 cm³/mol. The first-order valence-corrected chi connectivity index (χ1v) is 6.77. The molecule has 0 radical (unpaired) electrons. The number of carbonyl (C=O) groups excluding carboxylic acids is 1. The standard InChI is InChI=1S/C14H19BrO3/c1-5-9(2)6-12(16)10-7-13(17-3)14(18-4)8-11(10)15/h7-9H,5-6H2,1-4H3. The molecule has 4 heteroatoms. The van der Waals surface area contributed by atoms with E-state index in [9.17, 15) is 4.79 Å². The van der Waals surface area contributed by atoms with E-state index in [1.165, 1.54) is 0 Å². The second kappa shape index (κ2) is 6.78. The minimum atomic E-state index is 0.122. The van der Waals surface area contributed by atoms with E-state index in [0.717, 1.165) is 10.9 Å². The lowest BCUT2D eigenvalue weighted by atomic mass is 9.97. The van der Waals surface area contributed by atoms with Gasteiger partial charge in [-0.3, -0.25) is 4.79 Å². The molecule has 1 aromatic carbocycles. The van der Waals surface area contributed by atoms with Crippen LogP contribution < -0.4 is 9.47 Å². The molecule has 0 saturated heterocycles. The van der Waals surface area contributed by atoms with Gasteiger partial charge in [-0.15, -0.1) is 0 Å². The Balaban J connectivity index is 3.05. The van der Waals surface area contributed by atoms with Crippen molar-refractivity contribution in [2.24, 2.45) is 5.92 Å². The van der Waals surface area contributed by atoms with E-state index in [4.69, 9.17) is 9.47 Å². The Hall–Kier alpha value is -1.03. The van der Waals surface area contributed by atoms with Crippen molar-refractivity contribution in [3.8, 4) is 11.5 Å². The van der Waals surface area contributed by atoms with Crippen molar-refractivity contribution in [3.05, 3.63) is 22.2 Å². The van der Waals surface area contributed by atoms with Gasteiger partial charge >= 0.3 is 0 Å². The Kier molecular flexibility index (Phi) is 5.66. The van der Waals surface area contributed by atoms with Gasteiger partial charge in [0.25, 0.3) is 0 Å². The average Bonchev–Trinajstić information content (AvgIpc) is 2.37. The highest BCUT2D eigenvalue weighted by molar-refractivity contribution is 9.10. The Morgan fingerprint density at radius 3 is 2.33 bits per heavy atom. The van der Waals surface area contributed by atoms with E-state index < -0.39 is 0 Å². The molecular weight excluding hydrogens is 296 g/mol. The maximum atomic E-state index is 12.2. The first kappa shape index (κ1) is 15.0. The molecular formula is C14H19BrO3. The van der Waals surface area contributed by atoms with Gasteiger partial charge in [-0.25, -0.2) is 0 Å². The van der Waals surface area contributed by atoms with Crippen LogP contribution in [0.15, 0.2) is 16.6 Å². The minimum Gasteiger partial charge on any atom is -0.493 e. The molecule has 1 aromatic rings. The number of carbonyl (C=O) groups is 1. The monoisotopic (exact) mass is 314 g/mol. The molecule has 0 heterocycles. The molecule has 1 rings (SSSR count). The third-order valence-electron chi connectivity index (χ3n) is 3.00. The fraction of sp³-hybridized carbons (Fsp3) is 0.500. The first-order chi connectivity index (χ1) is 8.53. The number of ketones is 1. The van der Waals surface area contributed by atoms with E-state index in [0.29, 0.717) is 29.4 Å². The molecule has 0 bridgehead atoms. The second-order valence-corrected chi connectivity index (χ2v) is 5.18. The number of hydrogen-bond acceptors (Lipinski definition) is 3. The lowest BCUT2D eigenvalue weighted by molar-refractivity contribution is 0.0962. The van der Waals surface area contributed by atoms with Gasteiger partial charge in [0, 0.05) is 16.5 Å². The van der Waals surface area contributed by atoms with Crippen molar-refractivity contribution in [2.45, 2.75) is 26.7 Å². The fourth-order valence-electron chi connectivity index (χ4n) is 1.64. The van der Waals surface area contributed by atoms with Gasteiger partial charge in [0.05, 0.1) is 14.2 Å². The zero-order valence-corrected chi connectivity index (χ0v) is 12.8. The molecule has 100 valence electrons. The first-order valence-electron chi connectivity index (χ1n) is 5.98. The Morgan fingerprint density at radius 1 is 1.28 bits per heavy atom. The highest BCUT2D eigenvalue weighted by atomic mass is 79.9. The summed E-state index contributed by atoms with van der Waals surface area (Å²) < 4.78 is 11.1. The number of hydrogen-bond donors (Lipinski definition) is 0. The van der Waals surface area contributed by atoms with Crippen LogP contribution in [0.1, 0.15) is 37.0 Å². The molecule has 0 N–H and O–H groups in total. The molecule has 3 nitrogen and oxygen atoms in total. The van der Waals surface area contributed by atoms with Gasteiger partial charge < -0.3 is 9.47 Å². The van der Waals surface area contributed by atoms with E-state index >= 15 is 0 Å². The molecule has 1 atom stereocenters. The van der Waals surface area contributed by atoms with Gasteiger partial charge in [0.1, 0.15) is 0 Å². The summed E-state index contributed by atoms with van der Waals surface area (Å²) in [6, 6.07) is 3.50.